The van der Waals surface area contributed by atoms with Crippen molar-refractivity contribution in [3.63, 3.8) is 0 Å². The van der Waals surface area contributed by atoms with Gasteiger partial charge in [0, 0.05) is 20.1 Å². The molecule has 0 spiro atoms. The number of rotatable bonds is 7. The molecule has 0 aliphatic heterocycles. The fourth-order valence-electron chi connectivity index (χ4n) is 3.02. The maximum Gasteiger partial charge on any atom is 0.191 e. The molecule has 0 radical (unpaired) electrons. The summed E-state index contributed by atoms with van der Waals surface area (Å²) in [5.41, 5.74) is 8.84. The number of aliphatic imine (C=N–C) groups is 1. The molecule has 0 fully saturated rings. The minimum atomic E-state index is -0.342. The molecule has 4 N–H and O–H groups in total. The van der Waals surface area contributed by atoms with Gasteiger partial charge in [0.2, 0.25) is 0 Å². The zero-order chi connectivity index (χ0) is 21.3. The van der Waals surface area contributed by atoms with Crippen molar-refractivity contribution >= 4 is 35.8 Å². The van der Waals surface area contributed by atoms with Crippen LogP contribution in [-0.4, -0.2) is 29.3 Å². The van der Waals surface area contributed by atoms with Crippen LogP contribution in [0.3, 0.4) is 0 Å². The van der Waals surface area contributed by atoms with E-state index in [1.54, 1.807) is 19.2 Å². The lowest BCUT2D eigenvalue weighted by molar-refractivity contribution is 0.627. The first-order valence-corrected chi connectivity index (χ1v) is 9.64. The monoisotopic (exact) mass is 533 g/mol. The first kappa shape index (κ1) is 24.1. The lowest BCUT2D eigenvalue weighted by Gasteiger charge is -2.11. The topological polar surface area (TPSA) is 104 Å². The Bertz CT molecular complexity index is 1040. The molecule has 0 amide bonds. The second-order valence-corrected chi connectivity index (χ2v) is 6.65. The Morgan fingerprint density at radius 2 is 1.87 bits per heavy atom. The molecule has 31 heavy (non-hydrogen) atoms. The number of aryl methyl sites for hydroxylation is 1. The summed E-state index contributed by atoms with van der Waals surface area (Å²) in [6.07, 6.45) is 1.31. The van der Waals surface area contributed by atoms with Crippen molar-refractivity contribution in [1.29, 1.82) is 5.26 Å². The van der Waals surface area contributed by atoms with E-state index in [1.807, 2.05) is 30.3 Å². The Hall–Kier alpha value is -3.13. The van der Waals surface area contributed by atoms with Gasteiger partial charge in [-0.2, -0.15) is 10.4 Å². The van der Waals surface area contributed by atoms with E-state index in [9.17, 15) is 9.65 Å². The highest BCUT2D eigenvalue weighted by Crippen LogP contribution is 2.21. The second-order valence-electron chi connectivity index (χ2n) is 6.65. The van der Waals surface area contributed by atoms with Gasteiger partial charge in [0.25, 0.3) is 0 Å². The Morgan fingerprint density at radius 1 is 1.16 bits per heavy atom. The Balaban J connectivity index is 0.00000341. The predicted octanol–water partition coefficient (Wildman–Crippen LogP) is 3.38. The van der Waals surface area contributed by atoms with Crippen molar-refractivity contribution in [2.75, 3.05) is 19.3 Å². The zero-order valence-electron chi connectivity index (χ0n) is 17.2. The highest BCUT2D eigenvalue weighted by Gasteiger charge is 2.16. The number of guanidine groups is 1. The molecule has 3 rings (SSSR count). The van der Waals surface area contributed by atoms with E-state index in [-0.39, 0.29) is 35.6 Å². The molecule has 0 unspecified atom stereocenters. The number of hydrogen-bond donors (Lipinski definition) is 3. The van der Waals surface area contributed by atoms with Crippen LogP contribution in [0, 0.1) is 17.1 Å². The SMILES string of the molecule is CN=C(NCCCc1nn(-c2ccc(F)cc2)c(N)c1C#N)NCc1ccccc1.I. The van der Waals surface area contributed by atoms with Gasteiger partial charge in [-0.15, -0.1) is 24.0 Å². The van der Waals surface area contributed by atoms with Crippen LogP contribution in [0.4, 0.5) is 10.2 Å². The van der Waals surface area contributed by atoms with Crippen LogP contribution in [0.2, 0.25) is 0 Å². The van der Waals surface area contributed by atoms with Crippen LogP contribution in [0.25, 0.3) is 5.69 Å². The number of anilines is 1. The van der Waals surface area contributed by atoms with E-state index in [4.69, 9.17) is 5.73 Å². The molecule has 1 heterocycles. The molecule has 9 heteroatoms. The smallest absolute Gasteiger partial charge is 0.191 e. The van der Waals surface area contributed by atoms with E-state index in [2.05, 4.69) is 26.8 Å². The molecular weight excluding hydrogens is 508 g/mol. The summed E-state index contributed by atoms with van der Waals surface area (Å²) in [4.78, 5) is 4.22. The molecular formula is C22H25FIN7. The number of nitriles is 1. The van der Waals surface area contributed by atoms with Crippen LogP contribution >= 0.6 is 24.0 Å². The Kier molecular flexibility index (Phi) is 9.27. The molecule has 0 atom stereocenters. The summed E-state index contributed by atoms with van der Waals surface area (Å²) in [6, 6.07) is 18.0. The van der Waals surface area contributed by atoms with Crippen LogP contribution in [-0.2, 0) is 13.0 Å². The van der Waals surface area contributed by atoms with Crippen LogP contribution in [0.5, 0.6) is 0 Å². The van der Waals surface area contributed by atoms with Crippen molar-refractivity contribution in [3.05, 3.63) is 77.2 Å². The van der Waals surface area contributed by atoms with E-state index in [0.29, 0.717) is 42.4 Å². The minimum Gasteiger partial charge on any atom is -0.382 e. The van der Waals surface area contributed by atoms with Gasteiger partial charge < -0.3 is 16.4 Å². The van der Waals surface area contributed by atoms with Crippen molar-refractivity contribution in [2.24, 2.45) is 4.99 Å². The van der Waals surface area contributed by atoms with Crippen molar-refractivity contribution in [3.8, 4) is 11.8 Å². The van der Waals surface area contributed by atoms with Crippen LogP contribution < -0.4 is 16.4 Å². The average Bonchev–Trinajstić information content (AvgIpc) is 3.09. The minimum absolute atomic E-state index is 0. The predicted molar refractivity (Wildman–Crippen MR) is 131 cm³/mol. The van der Waals surface area contributed by atoms with Gasteiger partial charge in [0.15, 0.2) is 5.96 Å². The van der Waals surface area contributed by atoms with Gasteiger partial charge in [0.1, 0.15) is 23.3 Å². The van der Waals surface area contributed by atoms with Crippen LogP contribution in [0.1, 0.15) is 23.2 Å². The third-order valence-electron chi connectivity index (χ3n) is 4.59. The van der Waals surface area contributed by atoms with Crippen molar-refractivity contribution in [1.82, 2.24) is 20.4 Å². The molecule has 0 aliphatic rings. The highest BCUT2D eigenvalue weighted by molar-refractivity contribution is 14.0. The van der Waals surface area contributed by atoms with Gasteiger partial charge in [-0.25, -0.2) is 9.07 Å². The summed E-state index contributed by atoms with van der Waals surface area (Å²) in [5, 5.41) is 20.5. The maximum atomic E-state index is 13.2. The van der Waals surface area contributed by atoms with E-state index < -0.39 is 0 Å². The molecule has 7 nitrogen and oxygen atoms in total. The van der Waals surface area contributed by atoms with Crippen molar-refractivity contribution < 1.29 is 4.39 Å². The van der Waals surface area contributed by atoms with Gasteiger partial charge in [-0.3, -0.25) is 4.99 Å². The standard InChI is InChI=1S/C22H24FN7.HI/c1-26-22(28-15-16-6-3-2-4-7-16)27-13-5-8-20-19(14-24)21(25)30(29-20)18-11-9-17(23)10-12-18;/h2-4,6-7,9-12H,5,8,13,15,25H2,1H3,(H2,26,27,28);1H. The number of hydrogen-bond acceptors (Lipinski definition) is 4. The third kappa shape index (κ3) is 6.42. The highest BCUT2D eigenvalue weighted by atomic mass is 127. The number of nitrogen functional groups attached to an aromatic ring is 1. The number of aromatic nitrogens is 2. The molecule has 0 bridgehead atoms. The normalized spacial score (nSPS) is 10.8. The molecule has 0 aliphatic carbocycles. The van der Waals surface area contributed by atoms with Crippen molar-refractivity contribution in [2.45, 2.75) is 19.4 Å². The molecule has 0 saturated carbocycles. The lowest BCUT2D eigenvalue weighted by Crippen LogP contribution is -2.37. The number of nitrogens with zero attached hydrogens (tertiary/aromatic N) is 4. The lowest BCUT2D eigenvalue weighted by atomic mass is 10.1. The zero-order valence-corrected chi connectivity index (χ0v) is 19.5. The molecule has 1 aromatic heterocycles. The van der Waals surface area contributed by atoms with Gasteiger partial charge in [-0.1, -0.05) is 30.3 Å². The first-order valence-electron chi connectivity index (χ1n) is 9.64. The summed E-state index contributed by atoms with van der Waals surface area (Å²) < 4.78 is 14.6. The molecule has 0 saturated heterocycles. The number of nitrogens with two attached hydrogens (primary N) is 1. The Morgan fingerprint density at radius 3 is 2.52 bits per heavy atom. The van der Waals surface area contributed by atoms with E-state index >= 15 is 0 Å². The molecule has 3 aromatic rings. The van der Waals surface area contributed by atoms with E-state index in [0.717, 1.165) is 6.42 Å². The second kappa shape index (κ2) is 11.9. The molecule has 2 aromatic carbocycles. The Labute approximate surface area is 198 Å². The fraction of sp³-hybridized carbons (Fsp3) is 0.227. The summed E-state index contributed by atoms with van der Waals surface area (Å²) >= 11 is 0. The number of benzene rings is 2. The van der Waals surface area contributed by atoms with Gasteiger partial charge >= 0.3 is 0 Å². The van der Waals surface area contributed by atoms with E-state index in [1.165, 1.54) is 22.4 Å². The number of nitrogens with one attached hydrogen (secondary N) is 2. The number of halogens is 2. The maximum absolute atomic E-state index is 13.2. The first-order chi connectivity index (χ1) is 14.6. The van der Waals surface area contributed by atoms with Gasteiger partial charge in [0.05, 0.1) is 11.4 Å². The quantitative estimate of drug-likeness (QED) is 0.187. The summed E-state index contributed by atoms with van der Waals surface area (Å²) in [5.74, 6) is 0.619. The largest absolute Gasteiger partial charge is 0.382 e. The van der Waals surface area contributed by atoms with Crippen LogP contribution in [0.15, 0.2) is 59.6 Å². The average molecular weight is 533 g/mol. The fourth-order valence-corrected chi connectivity index (χ4v) is 3.02. The van der Waals surface area contributed by atoms with Gasteiger partial charge in [-0.05, 0) is 42.7 Å². The summed E-state index contributed by atoms with van der Waals surface area (Å²) in [7, 11) is 1.72. The summed E-state index contributed by atoms with van der Waals surface area (Å²) in [6.45, 7) is 1.33. The third-order valence-corrected chi connectivity index (χ3v) is 4.59. The molecule has 162 valence electrons.